The van der Waals surface area contributed by atoms with Gasteiger partial charge < -0.3 is 5.32 Å². The minimum Gasteiger partial charge on any atom is -0.367 e. The number of nitrogens with zero attached hydrogens (tertiary/aromatic N) is 3. The highest BCUT2D eigenvalue weighted by atomic mass is 35.5. The molecule has 0 spiro atoms. The van der Waals surface area contributed by atoms with Gasteiger partial charge in [-0.3, -0.25) is 19.1 Å². The fraction of sp³-hybridized carbons (Fsp3) is 0.304. The molecule has 2 saturated heterocycles. The molecule has 3 heterocycles. The maximum atomic E-state index is 13.3. The maximum Gasteiger partial charge on any atom is 0.270 e. The summed E-state index contributed by atoms with van der Waals surface area (Å²) >= 11 is 12.8. The summed E-state index contributed by atoms with van der Waals surface area (Å²) in [5, 5.41) is 13.4. The number of nitriles is 1. The minimum absolute atomic E-state index is 0.0231. The van der Waals surface area contributed by atoms with Gasteiger partial charge in [0.05, 0.1) is 22.5 Å². The van der Waals surface area contributed by atoms with Gasteiger partial charge in [0.2, 0.25) is 0 Å². The summed E-state index contributed by atoms with van der Waals surface area (Å²) in [6.07, 6.45) is 1.94. The zero-order valence-corrected chi connectivity index (χ0v) is 22.1. The molecule has 8 nitrogen and oxygen atoms in total. The molecule has 2 aliphatic rings. The Balaban J connectivity index is 1.76. The van der Waals surface area contributed by atoms with Crippen molar-refractivity contribution in [3.8, 4) is 6.07 Å². The van der Waals surface area contributed by atoms with E-state index in [2.05, 4.69) is 5.32 Å². The third-order valence-electron chi connectivity index (χ3n) is 6.08. The Bertz CT molecular complexity index is 1490. The molecule has 2 aliphatic heterocycles. The zero-order valence-electron chi connectivity index (χ0n) is 18.9. The molecule has 1 N–H and O–H groups in total. The molecule has 0 radical (unpaired) electrons. The SMILES string of the molecule is Cc1c(/C=C2/SC(=S)N(C3CCS(=O)(=O)C3)C2=O)c(NCc2ccccc2Cl)n(C)c(=O)c1C#N. The highest BCUT2D eigenvalue weighted by molar-refractivity contribution is 8.26. The number of amides is 1. The van der Waals surface area contributed by atoms with E-state index in [9.17, 15) is 23.3 Å². The number of nitrogens with one attached hydrogen (secondary N) is 1. The summed E-state index contributed by atoms with van der Waals surface area (Å²) in [6.45, 7) is 1.96. The average Bonchev–Trinajstić information content (AvgIpc) is 3.30. The summed E-state index contributed by atoms with van der Waals surface area (Å²) in [4.78, 5) is 27.7. The van der Waals surface area contributed by atoms with E-state index in [1.165, 1.54) is 9.47 Å². The summed E-state index contributed by atoms with van der Waals surface area (Å²) in [7, 11) is -1.66. The Hall–Kier alpha value is -2.65. The highest BCUT2D eigenvalue weighted by Crippen LogP contribution is 2.37. The lowest BCUT2D eigenvalue weighted by molar-refractivity contribution is -0.123. The van der Waals surface area contributed by atoms with Crippen LogP contribution in [0.15, 0.2) is 34.0 Å². The van der Waals surface area contributed by atoms with E-state index >= 15 is 0 Å². The second kappa shape index (κ2) is 9.78. The van der Waals surface area contributed by atoms with Crippen molar-refractivity contribution in [1.82, 2.24) is 9.47 Å². The van der Waals surface area contributed by atoms with Gasteiger partial charge in [-0.25, -0.2) is 8.42 Å². The molecule has 1 aromatic heterocycles. The molecule has 0 saturated carbocycles. The summed E-state index contributed by atoms with van der Waals surface area (Å²) in [5.74, 6) is -0.0597. The van der Waals surface area contributed by atoms with Gasteiger partial charge in [-0.15, -0.1) is 0 Å². The molecule has 0 bridgehead atoms. The topological polar surface area (TPSA) is 112 Å². The first-order chi connectivity index (χ1) is 16.5. The first kappa shape index (κ1) is 25.4. The van der Waals surface area contributed by atoms with Crippen LogP contribution in [0.2, 0.25) is 5.02 Å². The quantitative estimate of drug-likeness (QED) is 0.448. The number of hydrogen-bond acceptors (Lipinski definition) is 8. The van der Waals surface area contributed by atoms with Gasteiger partial charge in [0.25, 0.3) is 11.5 Å². The van der Waals surface area contributed by atoms with Crippen LogP contribution < -0.4 is 10.9 Å². The predicted molar refractivity (Wildman–Crippen MR) is 142 cm³/mol. The summed E-state index contributed by atoms with van der Waals surface area (Å²) in [5.41, 5.74) is 1.23. The van der Waals surface area contributed by atoms with Crippen molar-refractivity contribution < 1.29 is 13.2 Å². The summed E-state index contributed by atoms with van der Waals surface area (Å²) < 4.78 is 25.5. The smallest absolute Gasteiger partial charge is 0.270 e. The minimum atomic E-state index is -3.20. The molecule has 12 heteroatoms. The Morgan fingerprint density at radius 3 is 2.69 bits per heavy atom. The molecule has 4 rings (SSSR count). The van der Waals surface area contributed by atoms with Gasteiger partial charge in [0.1, 0.15) is 21.8 Å². The zero-order chi connectivity index (χ0) is 25.5. The number of benzene rings is 1. The number of sulfone groups is 1. The number of carbonyl (C=O) groups excluding carboxylic acids is 1. The fourth-order valence-electron chi connectivity index (χ4n) is 4.17. The van der Waals surface area contributed by atoms with Gasteiger partial charge in [0.15, 0.2) is 9.84 Å². The van der Waals surface area contributed by atoms with Gasteiger partial charge in [-0.2, -0.15) is 5.26 Å². The van der Waals surface area contributed by atoms with Crippen LogP contribution in [0, 0.1) is 18.3 Å². The van der Waals surface area contributed by atoms with Gasteiger partial charge in [-0.1, -0.05) is 53.8 Å². The molecule has 2 fully saturated rings. The van der Waals surface area contributed by atoms with Gasteiger partial charge in [0, 0.05) is 24.2 Å². The third kappa shape index (κ3) is 4.89. The molecule has 1 atom stereocenters. The van der Waals surface area contributed by atoms with E-state index in [0.717, 1.165) is 17.3 Å². The van der Waals surface area contributed by atoms with Crippen LogP contribution in [0.1, 0.15) is 28.7 Å². The first-order valence-corrected chi connectivity index (χ1v) is 14.0. The lowest BCUT2D eigenvalue weighted by Crippen LogP contribution is -2.39. The van der Waals surface area contributed by atoms with E-state index in [-0.39, 0.29) is 27.3 Å². The number of anilines is 1. The van der Waals surface area contributed by atoms with Crippen molar-refractivity contribution in [3.05, 3.63) is 66.8 Å². The van der Waals surface area contributed by atoms with Crippen molar-refractivity contribution in [2.45, 2.75) is 25.9 Å². The lowest BCUT2D eigenvalue weighted by atomic mass is 10.0. The highest BCUT2D eigenvalue weighted by Gasteiger charge is 2.42. The Kier molecular flexibility index (Phi) is 7.11. The molecule has 2 aromatic rings. The second-order valence-corrected chi connectivity index (χ2v) is 12.6. The van der Waals surface area contributed by atoms with Crippen LogP contribution in [0.5, 0.6) is 0 Å². The molecule has 182 valence electrons. The summed E-state index contributed by atoms with van der Waals surface area (Å²) in [6, 6.07) is 8.74. The van der Waals surface area contributed by atoms with E-state index < -0.39 is 21.4 Å². The van der Waals surface area contributed by atoms with E-state index in [4.69, 9.17) is 23.8 Å². The lowest BCUT2D eigenvalue weighted by Gasteiger charge is -2.21. The monoisotopic (exact) mass is 548 g/mol. The average molecular weight is 549 g/mol. The van der Waals surface area contributed by atoms with E-state index in [1.54, 1.807) is 26.1 Å². The van der Waals surface area contributed by atoms with Crippen molar-refractivity contribution >= 4 is 67.5 Å². The number of thiocarbonyl (C=S) groups is 1. The Morgan fingerprint density at radius 2 is 2.06 bits per heavy atom. The standard InChI is InChI=1S/C23H21ClN4O4S3/c1-13-16(9-19-22(30)28(23(33)34-19)15-7-8-35(31,32)12-15)20(27(2)21(29)17(13)10-25)26-11-14-5-3-4-6-18(14)24/h3-6,9,15,26H,7-8,11-12H2,1-2H3/b19-9+. The number of thioether (sulfide) groups is 1. The fourth-order valence-corrected chi connectivity index (χ4v) is 7.45. The number of rotatable bonds is 5. The number of aromatic nitrogens is 1. The van der Waals surface area contributed by atoms with Crippen molar-refractivity contribution in [1.29, 1.82) is 5.26 Å². The van der Waals surface area contributed by atoms with E-state index in [1.807, 2.05) is 24.3 Å². The Morgan fingerprint density at radius 1 is 1.34 bits per heavy atom. The molecule has 1 amide bonds. The van der Waals surface area contributed by atoms with E-state index in [0.29, 0.717) is 39.8 Å². The molecule has 1 aromatic carbocycles. The molecule has 1 unspecified atom stereocenters. The number of halogens is 1. The first-order valence-electron chi connectivity index (χ1n) is 10.6. The molecule has 0 aliphatic carbocycles. The van der Waals surface area contributed by atoms with Gasteiger partial charge >= 0.3 is 0 Å². The number of carbonyl (C=O) groups is 1. The Labute approximate surface area is 217 Å². The molecular weight excluding hydrogens is 528 g/mol. The normalized spacial score (nSPS) is 20.5. The number of hydrogen-bond donors (Lipinski definition) is 1. The van der Waals surface area contributed by atoms with Crippen LogP contribution in [-0.2, 0) is 28.2 Å². The second-order valence-electron chi connectivity index (χ2n) is 8.29. The van der Waals surface area contributed by atoms with Crippen LogP contribution in [-0.4, -0.2) is 45.7 Å². The van der Waals surface area contributed by atoms with Crippen LogP contribution in [0.25, 0.3) is 6.08 Å². The van der Waals surface area contributed by atoms with Crippen LogP contribution in [0.3, 0.4) is 0 Å². The third-order valence-corrected chi connectivity index (χ3v) is 9.53. The van der Waals surface area contributed by atoms with Gasteiger partial charge in [-0.05, 0) is 36.6 Å². The largest absolute Gasteiger partial charge is 0.367 e. The molecular formula is C23H21ClN4O4S3. The predicted octanol–water partition coefficient (Wildman–Crippen LogP) is 3.22. The van der Waals surface area contributed by atoms with Crippen LogP contribution >= 0.6 is 35.6 Å². The van der Waals surface area contributed by atoms with Crippen molar-refractivity contribution in [2.75, 3.05) is 16.8 Å². The number of pyridine rings is 1. The van der Waals surface area contributed by atoms with Crippen molar-refractivity contribution in [3.63, 3.8) is 0 Å². The maximum absolute atomic E-state index is 13.3. The molecule has 35 heavy (non-hydrogen) atoms. The van der Waals surface area contributed by atoms with Crippen LogP contribution in [0.4, 0.5) is 5.82 Å². The van der Waals surface area contributed by atoms with Crippen molar-refractivity contribution in [2.24, 2.45) is 7.05 Å².